The number of nitrogens with one attached hydrogen (secondary N) is 1. The van der Waals surface area contributed by atoms with Crippen LogP contribution in [-0.4, -0.2) is 18.3 Å². The third-order valence-corrected chi connectivity index (χ3v) is 2.26. The zero-order valence-electron chi connectivity index (χ0n) is 9.15. The number of halogens is 1. The molecule has 1 aromatic rings. The number of nitrogens with zero attached hydrogens (tertiary/aromatic N) is 2. The molecule has 88 valence electrons. The maximum absolute atomic E-state index is 13.1. The molecule has 2 N–H and O–H groups in total. The van der Waals surface area contributed by atoms with Crippen LogP contribution in [0.2, 0.25) is 0 Å². The van der Waals surface area contributed by atoms with Crippen molar-refractivity contribution in [3.05, 3.63) is 35.1 Å². The Morgan fingerprint density at radius 3 is 2.76 bits per heavy atom. The Hall–Kier alpha value is -1.95. The van der Waals surface area contributed by atoms with Crippen molar-refractivity contribution in [3.63, 3.8) is 0 Å². The normalized spacial score (nSPS) is 11.5. The van der Waals surface area contributed by atoms with Gasteiger partial charge in [-0.1, -0.05) is 6.07 Å². The lowest BCUT2D eigenvalue weighted by molar-refractivity contribution is 0.285. The van der Waals surface area contributed by atoms with Gasteiger partial charge in [0.25, 0.3) is 0 Å². The summed E-state index contributed by atoms with van der Waals surface area (Å²) < 4.78 is 13.1. The van der Waals surface area contributed by atoms with E-state index in [1.807, 2.05) is 6.07 Å². The minimum absolute atomic E-state index is 0.0397. The SMILES string of the molecule is N#Cc1cc(C(C#N)NCCCO)ccc1F. The van der Waals surface area contributed by atoms with Crippen LogP contribution < -0.4 is 5.32 Å². The molecule has 0 bridgehead atoms. The largest absolute Gasteiger partial charge is 0.396 e. The number of hydrogen-bond acceptors (Lipinski definition) is 4. The molecule has 5 heteroatoms. The number of nitriles is 2. The molecule has 0 heterocycles. The van der Waals surface area contributed by atoms with Crippen LogP contribution in [0.15, 0.2) is 18.2 Å². The molecular formula is C12H12FN3O. The molecule has 0 saturated heterocycles. The fraction of sp³-hybridized carbons (Fsp3) is 0.333. The molecule has 0 saturated carbocycles. The standard InChI is InChI=1S/C12H12FN3O/c13-11-3-2-9(6-10(11)7-14)12(8-15)16-4-1-5-17/h2-3,6,12,16-17H,1,4-5H2. The smallest absolute Gasteiger partial charge is 0.140 e. The van der Waals surface area contributed by atoms with Crippen molar-refractivity contribution in [2.75, 3.05) is 13.2 Å². The number of benzene rings is 1. The van der Waals surface area contributed by atoms with E-state index < -0.39 is 11.9 Å². The number of aliphatic hydroxyl groups excluding tert-OH is 1. The molecule has 0 aromatic heterocycles. The molecule has 0 aliphatic rings. The summed E-state index contributed by atoms with van der Waals surface area (Å²) in [7, 11) is 0. The molecule has 4 nitrogen and oxygen atoms in total. The minimum Gasteiger partial charge on any atom is -0.396 e. The molecule has 0 amide bonds. The Bertz CT molecular complexity index is 462. The van der Waals surface area contributed by atoms with Gasteiger partial charge >= 0.3 is 0 Å². The first-order valence-corrected chi connectivity index (χ1v) is 5.16. The van der Waals surface area contributed by atoms with Gasteiger partial charge in [0.15, 0.2) is 0 Å². The summed E-state index contributed by atoms with van der Waals surface area (Å²) in [5.41, 5.74) is 0.468. The van der Waals surface area contributed by atoms with E-state index in [4.69, 9.17) is 15.6 Å². The highest BCUT2D eigenvalue weighted by Crippen LogP contribution is 2.16. The predicted molar refractivity (Wildman–Crippen MR) is 59.2 cm³/mol. The Balaban J connectivity index is 2.83. The van der Waals surface area contributed by atoms with Crippen molar-refractivity contribution < 1.29 is 9.50 Å². The summed E-state index contributed by atoms with van der Waals surface area (Å²) >= 11 is 0. The lowest BCUT2D eigenvalue weighted by Crippen LogP contribution is -2.22. The molecular weight excluding hydrogens is 221 g/mol. The van der Waals surface area contributed by atoms with Crippen molar-refractivity contribution in [3.8, 4) is 12.1 Å². The first-order valence-electron chi connectivity index (χ1n) is 5.16. The maximum Gasteiger partial charge on any atom is 0.140 e. The predicted octanol–water partition coefficient (Wildman–Crippen LogP) is 1.23. The highest BCUT2D eigenvalue weighted by molar-refractivity contribution is 5.37. The van der Waals surface area contributed by atoms with Gasteiger partial charge in [0.05, 0.1) is 11.6 Å². The fourth-order valence-corrected chi connectivity index (χ4v) is 1.37. The molecule has 0 radical (unpaired) electrons. The third-order valence-electron chi connectivity index (χ3n) is 2.26. The van der Waals surface area contributed by atoms with E-state index in [0.29, 0.717) is 18.5 Å². The Morgan fingerprint density at radius 1 is 1.41 bits per heavy atom. The Kier molecular flexibility index (Phi) is 5.09. The minimum atomic E-state index is -0.603. The average Bonchev–Trinajstić information content (AvgIpc) is 2.36. The zero-order chi connectivity index (χ0) is 12.7. The second-order valence-corrected chi connectivity index (χ2v) is 3.44. The molecule has 1 atom stereocenters. The molecule has 0 spiro atoms. The van der Waals surface area contributed by atoms with Crippen LogP contribution in [0.3, 0.4) is 0 Å². The van der Waals surface area contributed by atoms with Gasteiger partial charge in [-0.3, -0.25) is 5.32 Å². The van der Waals surface area contributed by atoms with Gasteiger partial charge in [-0.2, -0.15) is 10.5 Å². The molecule has 0 fully saturated rings. The van der Waals surface area contributed by atoms with Crippen molar-refractivity contribution >= 4 is 0 Å². The molecule has 0 aliphatic carbocycles. The topological polar surface area (TPSA) is 79.8 Å². The van der Waals surface area contributed by atoms with Crippen molar-refractivity contribution in [1.29, 1.82) is 10.5 Å². The van der Waals surface area contributed by atoms with E-state index in [1.54, 1.807) is 6.07 Å². The Labute approximate surface area is 98.9 Å². The van der Waals surface area contributed by atoms with Crippen LogP contribution >= 0.6 is 0 Å². The lowest BCUT2D eigenvalue weighted by atomic mass is 10.0. The van der Waals surface area contributed by atoms with E-state index in [-0.39, 0.29) is 12.2 Å². The van der Waals surface area contributed by atoms with Crippen molar-refractivity contribution in [2.45, 2.75) is 12.5 Å². The van der Waals surface area contributed by atoms with Crippen molar-refractivity contribution in [1.82, 2.24) is 5.32 Å². The van der Waals surface area contributed by atoms with Gasteiger partial charge in [-0.25, -0.2) is 4.39 Å². The van der Waals surface area contributed by atoms with Gasteiger partial charge in [0, 0.05) is 6.61 Å². The number of hydrogen-bond donors (Lipinski definition) is 2. The van der Waals surface area contributed by atoms with Crippen LogP contribution in [0.1, 0.15) is 23.6 Å². The van der Waals surface area contributed by atoms with Gasteiger partial charge in [-0.05, 0) is 30.7 Å². The summed E-state index contributed by atoms with van der Waals surface area (Å²) in [6, 6.07) is 7.15. The van der Waals surface area contributed by atoms with E-state index in [1.165, 1.54) is 18.2 Å². The summed E-state index contributed by atoms with van der Waals surface area (Å²) in [6.45, 7) is 0.520. The van der Waals surface area contributed by atoms with Gasteiger partial charge < -0.3 is 5.11 Å². The molecule has 0 aliphatic heterocycles. The lowest BCUT2D eigenvalue weighted by Gasteiger charge is -2.11. The first kappa shape index (κ1) is 13.1. The maximum atomic E-state index is 13.1. The fourth-order valence-electron chi connectivity index (χ4n) is 1.37. The van der Waals surface area contributed by atoms with Crippen LogP contribution in [-0.2, 0) is 0 Å². The number of aliphatic hydroxyl groups is 1. The van der Waals surface area contributed by atoms with Gasteiger partial charge in [0.2, 0.25) is 0 Å². The molecule has 1 rings (SSSR count). The number of rotatable bonds is 5. The third kappa shape index (κ3) is 3.53. The van der Waals surface area contributed by atoms with E-state index in [9.17, 15) is 4.39 Å². The summed E-state index contributed by atoms with van der Waals surface area (Å²) in [5.74, 6) is -0.594. The highest BCUT2D eigenvalue weighted by atomic mass is 19.1. The monoisotopic (exact) mass is 233 g/mol. The van der Waals surface area contributed by atoms with Crippen LogP contribution in [0.5, 0.6) is 0 Å². The van der Waals surface area contributed by atoms with Crippen molar-refractivity contribution in [2.24, 2.45) is 0 Å². The van der Waals surface area contributed by atoms with E-state index in [0.717, 1.165) is 0 Å². The summed E-state index contributed by atoms with van der Waals surface area (Å²) in [6.07, 6.45) is 0.532. The van der Waals surface area contributed by atoms with Crippen LogP contribution in [0.4, 0.5) is 4.39 Å². The summed E-state index contributed by atoms with van der Waals surface area (Å²) in [5, 5.41) is 29.2. The average molecular weight is 233 g/mol. The highest BCUT2D eigenvalue weighted by Gasteiger charge is 2.11. The molecule has 17 heavy (non-hydrogen) atoms. The first-order chi connectivity index (χ1) is 8.22. The summed E-state index contributed by atoms with van der Waals surface area (Å²) in [4.78, 5) is 0. The molecule has 1 aromatic carbocycles. The van der Waals surface area contributed by atoms with E-state index >= 15 is 0 Å². The van der Waals surface area contributed by atoms with Gasteiger partial charge in [-0.15, -0.1) is 0 Å². The second-order valence-electron chi connectivity index (χ2n) is 3.44. The van der Waals surface area contributed by atoms with E-state index in [2.05, 4.69) is 5.32 Å². The Morgan fingerprint density at radius 2 is 2.18 bits per heavy atom. The second kappa shape index (κ2) is 6.59. The molecule has 1 unspecified atom stereocenters. The zero-order valence-corrected chi connectivity index (χ0v) is 9.15. The van der Waals surface area contributed by atoms with Crippen LogP contribution in [0, 0.1) is 28.5 Å². The quantitative estimate of drug-likeness (QED) is 0.750. The van der Waals surface area contributed by atoms with Crippen LogP contribution in [0.25, 0.3) is 0 Å². The van der Waals surface area contributed by atoms with Gasteiger partial charge in [0.1, 0.15) is 17.9 Å².